The topological polar surface area (TPSA) is 41.6 Å². The first-order valence-corrected chi connectivity index (χ1v) is 8.87. The van der Waals surface area contributed by atoms with Gasteiger partial charge in [0.2, 0.25) is 5.91 Å². The number of amides is 1. The maximum Gasteiger partial charge on any atom is 0.244 e. The Morgan fingerprint density at radius 3 is 2.46 bits per heavy atom. The summed E-state index contributed by atoms with van der Waals surface area (Å²) in [6.07, 6.45) is 3.14. The fourth-order valence-electron chi connectivity index (χ4n) is 2.48. The van der Waals surface area contributed by atoms with Crippen LogP contribution in [0.5, 0.6) is 5.75 Å². The molecule has 26 heavy (non-hydrogen) atoms. The van der Waals surface area contributed by atoms with E-state index in [0.717, 1.165) is 16.9 Å². The van der Waals surface area contributed by atoms with Crippen LogP contribution in [0.4, 0.5) is 0 Å². The van der Waals surface area contributed by atoms with Crippen LogP contribution >= 0.6 is 23.2 Å². The highest BCUT2D eigenvalue weighted by Crippen LogP contribution is 2.22. The number of benzene rings is 2. The van der Waals surface area contributed by atoms with Crippen molar-refractivity contribution in [1.82, 2.24) is 10.2 Å². The molecule has 2 aromatic carbocycles. The quantitative estimate of drug-likeness (QED) is 0.708. The second kappa shape index (κ2) is 9.62. The van der Waals surface area contributed by atoms with Crippen LogP contribution in [0.2, 0.25) is 10.0 Å². The van der Waals surface area contributed by atoms with Crippen LogP contribution in [-0.4, -0.2) is 38.6 Å². The number of ether oxygens (including phenoxy) is 1. The summed E-state index contributed by atoms with van der Waals surface area (Å²) >= 11 is 12.0. The number of methoxy groups -OCH3 is 1. The lowest BCUT2D eigenvalue weighted by atomic mass is 10.1. The van der Waals surface area contributed by atoms with E-state index in [1.165, 1.54) is 6.08 Å². The van der Waals surface area contributed by atoms with Gasteiger partial charge in [0.05, 0.1) is 13.2 Å². The van der Waals surface area contributed by atoms with E-state index in [9.17, 15) is 4.79 Å². The summed E-state index contributed by atoms with van der Waals surface area (Å²) < 4.78 is 5.19. The van der Waals surface area contributed by atoms with Crippen molar-refractivity contribution >= 4 is 35.2 Å². The van der Waals surface area contributed by atoms with Gasteiger partial charge in [-0.2, -0.15) is 0 Å². The van der Waals surface area contributed by atoms with Crippen molar-refractivity contribution in [2.75, 3.05) is 27.7 Å². The lowest BCUT2D eigenvalue weighted by molar-refractivity contribution is -0.116. The van der Waals surface area contributed by atoms with Gasteiger partial charge in [-0.3, -0.25) is 4.79 Å². The molecule has 0 saturated carbocycles. The zero-order chi connectivity index (χ0) is 19.1. The summed E-state index contributed by atoms with van der Waals surface area (Å²) in [6.45, 7) is 0.483. The Labute approximate surface area is 164 Å². The lowest BCUT2D eigenvalue weighted by Gasteiger charge is -2.25. The minimum Gasteiger partial charge on any atom is -0.497 e. The average Bonchev–Trinajstić information content (AvgIpc) is 2.61. The first kappa shape index (κ1) is 20.3. The van der Waals surface area contributed by atoms with Crippen molar-refractivity contribution in [1.29, 1.82) is 0 Å². The Balaban J connectivity index is 1.99. The Bertz CT molecular complexity index is 774. The molecule has 0 aliphatic carbocycles. The fourth-order valence-corrected chi connectivity index (χ4v) is 2.95. The largest absolute Gasteiger partial charge is 0.497 e. The molecule has 1 amide bonds. The van der Waals surface area contributed by atoms with E-state index in [4.69, 9.17) is 27.9 Å². The van der Waals surface area contributed by atoms with E-state index in [-0.39, 0.29) is 11.9 Å². The van der Waals surface area contributed by atoms with Crippen LogP contribution in [0.25, 0.3) is 6.08 Å². The second-order valence-electron chi connectivity index (χ2n) is 6.00. The monoisotopic (exact) mass is 392 g/mol. The number of likely N-dealkylation sites (N-methyl/N-ethyl adjacent to an activating group) is 1. The highest BCUT2D eigenvalue weighted by Gasteiger charge is 2.14. The molecule has 0 radical (unpaired) electrons. The van der Waals surface area contributed by atoms with E-state index >= 15 is 0 Å². The zero-order valence-corrected chi connectivity index (χ0v) is 16.5. The number of carbonyl (C=O) groups is 1. The molecule has 0 saturated heterocycles. The molecule has 138 valence electrons. The van der Waals surface area contributed by atoms with Gasteiger partial charge in [0, 0.05) is 22.7 Å². The van der Waals surface area contributed by atoms with Crippen LogP contribution in [-0.2, 0) is 4.79 Å². The normalized spacial score (nSPS) is 12.4. The van der Waals surface area contributed by atoms with Crippen LogP contribution in [0, 0.1) is 0 Å². The minimum absolute atomic E-state index is 0.0531. The number of nitrogens with zero attached hydrogens (tertiary/aromatic N) is 1. The van der Waals surface area contributed by atoms with Gasteiger partial charge in [0.1, 0.15) is 5.75 Å². The Hall–Kier alpha value is -2.01. The zero-order valence-electron chi connectivity index (χ0n) is 15.0. The molecule has 1 N–H and O–H groups in total. The number of hydrogen-bond donors (Lipinski definition) is 1. The second-order valence-corrected chi connectivity index (χ2v) is 6.84. The summed E-state index contributed by atoms with van der Waals surface area (Å²) in [5.41, 5.74) is 1.84. The number of carbonyl (C=O) groups excluding carboxylic acids is 1. The van der Waals surface area contributed by atoms with Crippen LogP contribution < -0.4 is 10.1 Å². The highest BCUT2D eigenvalue weighted by molar-refractivity contribution is 6.35. The SMILES string of the molecule is COc1ccc(C(CNC(=O)/C=C/c2ccc(Cl)cc2Cl)N(C)C)cc1. The van der Waals surface area contributed by atoms with E-state index in [0.29, 0.717) is 16.6 Å². The molecule has 6 heteroatoms. The Morgan fingerprint density at radius 1 is 1.19 bits per heavy atom. The number of nitrogens with one attached hydrogen (secondary N) is 1. The average molecular weight is 393 g/mol. The predicted octanol–water partition coefficient (Wildman–Crippen LogP) is 4.43. The smallest absolute Gasteiger partial charge is 0.244 e. The fraction of sp³-hybridized carbons (Fsp3) is 0.250. The maximum atomic E-state index is 12.1. The van der Waals surface area contributed by atoms with Crippen molar-refractivity contribution < 1.29 is 9.53 Å². The van der Waals surface area contributed by atoms with E-state index in [1.54, 1.807) is 31.4 Å². The van der Waals surface area contributed by atoms with E-state index in [1.807, 2.05) is 38.4 Å². The van der Waals surface area contributed by atoms with Gasteiger partial charge in [-0.15, -0.1) is 0 Å². The van der Waals surface area contributed by atoms with Gasteiger partial charge in [-0.1, -0.05) is 41.4 Å². The molecule has 0 aliphatic heterocycles. The summed E-state index contributed by atoms with van der Waals surface area (Å²) in [4.78, 5) is 14.2. The minimum atomic E-state index is -0.184. The first-order valence-electron chi connectivity index (χ1n) is 8.12. The Morgan fingerprint density at radius 2 is 1.88 bits per heavy atom. The molecule has 0 spiro atoms. The van der Waals surface area contributed by atoms with Gasteiger partial charge in [0.25, 0.3) is 0 Å². The molecule has 2 aromatic rings. The van der Waals surface area contributed by atoms with Gasteiger partial charge in [0.15, 0.2) is 0 Å². The molecule has 0 heterocycles. The molecule has 0 bridgehead atoms. The predicted molar refractivity (Wildman–Crippen MR) is 108 cm³/mol. The molecule has 1 atom stereocenters. The van der Waals surface area contributed by atoms with E-state index < -0.39 is 0 Å². The summed E-state index contributed by atoms with van der Waals surface area (Å²) in [6, 6.07) is 13.0. The highest BCUT2D eigenvalue weighted by atomic mass is 35.5. The van der Waals surface area contributed by atoms with Gasteiger partial charge >= 0.3 is 0 Å². The lowest BCUT2D eigenvalue weighted by Crippen LogP contribution is -2.33. The maximum absolute atomic E-state index is 12.1. The van der Waals surface area contributed by atoms with Crippen molar-refractivity contribution in [3.63, 3.8) is 0 Å². The molecular weight excluding hydrogens is 371 g/mol. The third kappa shape index (κ3) is 5.77. The molecule has 0 aromatic heterocycles. The molecule has 1 unspecified atom stereocenters. The van der Waals surface area contributed by atoms with Crippen molar-refractivity contribution in [3.05, 3.63) is 69.7 Å². The van der Waals surface area contributed by atoms with Crippen molar-refractivity contribution in [3.8, 4) is 5.75 Å². The van der Waals surface area contributed by atoms with Crippen molar-refractivity contribution in [2.45, 2.75) is 6.04 Å². The molecule has 2 rings (SSSR count). The van der Waals surface area contributed by atoms with Crippen LogP contribution in [0.1, 0.15) is 17.2 Å². The number of hydrogen-bond acceptors (Lipinski definition) is 3. The third-order valence-electron chi connectivity index (χ3n) is 3.97. The van der Waals surface area contributed by atoms with E-state index in [2.05, 4.69) is 10.2 Å². The van der Waals surface area contributed by atoms with Gasteiger partial charge < -0.3 is 15.0 Å². The standard InChI is InChI=1S/C20H22Cl2N2O2/c1-24(2)19(15-5-9-17(26-3)10-6-15)13-23-20(25)11-7-14-4-8-16(21)12-18(14)22/h4-12,19H,13H2,1-3H3,(H,23,25)/b11-7+. The van der Waals surface area contributed by atoms with Crippen LogP contribution in [0.15, 0.2) is 48.5 Å². The number of rotatable bonds is 7. The van der Waals surface area contributed by atoms with Crippen molar-refractivity contribution in [2.24, 2.45) is 0 Å². The van der Waals surface area contributed by atoms with Gasteiger partial charge in [-0.25, -0.2) is 0 Å². The summed E-state index contributed by atoms with van der Waals surface area (Å²) in [5.74, 6) is 0.620. The molecule has 4 nitrogen and oxygen atoms in total. The number of halogens is 2. The van der Waals surface area contributed by atoms with Gasteiger partial charge in [-0.05, 0) is 55.6 Å². The molecule has 0 aliphatic rings. The summed E-state index contributed by atoms with van der Waals surface area (Å²) in [7, 11) is 5.59. The summed E-state index contributed by atoms with van der Waals surface area (Å²) in [5, 5.41) is 3.99. The van der Waals surface area contributed by atoms with Crippen LogP contribution in [0.3, 0.4) is 0 Å². The molecular formula is C20H22Cl2N2O2. The Kier molecular flexibility index (Phi) is 7.51. The first-order chi connectivity index (χ1) is 12.4. The third-order valence-corrected chi connectivity index (χ3v) is 4.53. The molecule has 0 fully saturated rings.